The van der Waals surface area contributed by atoms with E-state index < -0.39 is 0 Å². The highest BCUT2D eigenvalue weighted by atomic mass is 16.2. The third-order valence-corrected chi connectivity index (χ3v) is 4.02. The van der Waals surface area contributed by atoms with E-state index in [9.17, 15) is 14.4 Å². The van der Waals surface area contributed by atoms with Gasteiger partial charge in [0, 0.05) is 25.7 Å². The Bertz CT molecular complexity index is 647. The Kier molecular flexibility index (Phi) is 2.57. The quantitative estimate of drug-likeness (QED) is 0.593. The fraction of sp³-hybridized carbons (Fsp3) is 0.357. The number of nitrogens with zero attached hydrogens (tertiary/aromatic N) is 2. The maximum Gasteiger partial charge on any atom is 0.264 e. The molecular formula is C14H15N3O3. The predicted molar refractivity (Wildman–Crippen MR) is 72.1 cm³/mol. The van der Waals surface area contributed by atoms with E-state index in [0.29, 0.717) is 29.9 Å². The van der Waals surface area contributed by atoms with Gasteiger partial charge >= 0.3 is 0 Å². The van der Waals surface area contributed by atoms with Crippen LogP contribution in [0.3, 0.4) is 0 Å². The molecule has 0 aromatic heterocycles. The van der Waals surface area contributed by atoms with Crippen molar-refractivity contribution >= 4 is 23.4 Å². The Balaban J connectivity index is 1.91. The van der Waals surface area contributed by atoms with Gasteiger partial charge in [0.25, 0.3) is 11.8 Å². The first kappa shape index (κ1) is 12.7. The minimum absolute atomic E-state index is 0.0479. The largest absolute Gasteiger partial charge is 0.398 e. The van der Waals surface area contributed by atoms with Crippen LogP contribution in [0, 0.1) is 6.92 Å². The number of imide groups is 1. The summed E-state index contributed by atoms with van der Waals surface area (Å²) in [7, 11) is 0. The lowest BCUT2D eigenvalue weighted by molar-refractivity contribution is -0.134. The summed E-state index contributed by atoms with van der Waals surface area (Å²) in [6.45, 7) is 4.08. The number of carbonyl (C=O) groups is 3. The summed E-state index contributed by atoms with van der Waals surface area (Å²) >= 11 is 0. The molecule has 0 saturated carbocycles. The highest BCUT2D eigenvalue weighted by molar-refractivity contribution is 6.24. The SMILES string of the molecule is CC(=O)N1CC(N2C(=O)c3ccc(C)c(N)c3C2=O)C1. The van der Waals surface area contributed by atoms with Crippen LogP contribution in [-0.4, -0.2) is 46.7 Å². The van der Waals surface area contributed by atoms with E-state index in [2.05, 4.69) is 0 Å². The minimum atomic E-state index is -0.348. The van der Waals surface area contributed by atoms with Gasteiger partial charge in [0.2, 0.25) is 5.91 Å². The molecule has 1 aromatic rings. The van der Waals surface area contributed by atoms with E-state index in [0.717, 1.165) is 5.56 Å². The van der Waals surface area contributed by atoms with Crippen LogP contribution in [0.2, 0.25) is 0 Å². The molecule has 104 valence electrons. The van der Waals surface area contributed by atoms with Crippen LogP contribution in [-0.2, 0) is 4.79 Å². The van der Waals surface area contributed by atoms with Gasteiger partial charge in [0.05, 0.1) is 17.2 Å². The molecule has 1 saturated heterocycles. The number of hydrogen-bond donors (Lipinski definition) is 1. The monoisotopic (exact) mass is 273 g/mol. The Morgan fingerprint density at radius 3 is 2.50 bits per heavy atom. The number of anilines is 1. The topological polar surface area (TPSA) is 83.7 Å². The van der Waals surface area contributed by atoms with Crippen molar-refractivity contribution in [2.45, 2.75) is 19.9 Å². The number of hydrogen-bond acceptors (Lipinski definition) is 4. The average molecular weight is 273 g/mol. The number of likely N-dealkylation sites (tertiary alicyclic amines) is 1. The van der Waals surface area contributed by atoms with Crippen LogP contribution < -0.4 is 5.73 Å². The van der Waals surface area contributed by atoms with Crippen molar-refractivity contribution in [1.29, 1.82) is 0 Å². The third-order valence-electron chi connectivity index (χ3n) is 4.02. The van der Waals surface area contributed by atoms with Crippen LogP contribution in [0.15, 0.2) is 12.1 Å². The molecule has 0 spiro atoms. The van der Waals surface area contributed by atoms with E-state index in [1.165, 1.54) is 11.8 Å². The number of fused-ring (bicyclic) bond motifs is 1. The number of benzene rings is 1. The molecule has 2 aliphatic rings. The molecule has 6 nitrogen and oxygen atoms in total. The first-order valence-corrected chi connectivity index (χ1v) is 6.44. The zero-order valence-corrected chi connectivity index (χ0v) is 11.3. The molecule has 2 heterocycles. The molecule has 0 atom stereocenters. The predicted octanol–water partition coefficient (Wildman–Crippen LogP) is 0.404. The molecule has 3 rings (SSSR count). The van der Waals surface area contributed by atoms with E-state index in [1.54, 1.807) is 24.0 Å². The highest BCUT2D eigenvalue weighted by Crippen LogP contribution is 2.32. The van der Waals surface area contributed by atoms with E-state index >= 15 is 0 Å². The van der Waals surface area contributed by atoms with Crippen molar-refractivity contribution < 1.29 is 14.4 Å². The maximum absolute atomic E-state index is 12.4. The van der Waals surface area contributed by atoms with Crippen LogP contribution in [0.5, 0.6) is 0 Å². The lowest BCUT2D eigenvalue weighted by atomic mass is 10.0. The van der Waals surface area contributed by atoms with Crippen LogP contribution in [0.25, 0.3) is 0 Å². The number of nitrogens with two attached hydrogens (primary N) is 1. The summed E-state index contributed by atoms with van der Waals surface area (Å²) in [6.07, 6.45) is 0. The Hall–Kier alpha value is -2.37. The average Bonchev–Trinajstić information content (AvgIpc) is 2.57. The minimum Gasteiger partial charge on any atom is -0.398 e. The Morgan fingerprint density at radius 1 is 1.25 bits per heavy atom. The number of aryl methyl sites for hydroxylation is 1. The van der Waals surface area contributed by atoms with Gasteiger partial charge in [-0.05, 0) is 18.6 Å². The standard InChI is InChI=1S/C14H15N3O3/c1-7-3-4-10-11(12(7)15)14(20)17(13(10)19)9-5-16(6-9)8(2)18/h3-4,9H,5-6,15H2,1-2H3. The second-order valence-corrected chi connectivity index (χ2v) is 5.28. The molecule has 0 bridgehead atoms. The zero-order chi connectivity index (χ0) is 14.6. The number of amides is 3. The second kappa shape index (κ2) is 4.06. The van der Waals surface area contributed by atoms with E-state index in [1.807, 2.05) is 0 Å². The summed E-state index contributed by atoms with van der Waals surface area (Å²) < 4.78 is 0. The first-order chi connectivity index (χ1) is 9.41. The van der Waals surface area contributed by atoms with Gasteiger partial charge in [0.1, 0.15) is 0 Å². The number of rotatable bonds is 1. The molecule has 3 amide bonds. The summed E-state index contributed by atoms with van der Waals surface area (Å²) in [4.78, 5) is 38.8. The van der Waals surface area contributed by atoms with Crippen LogP contribution in [0.4, 0.5) is 5.69 Å². The summed E-state index contributed by atoms with van der Waals surface area (Å²) in [5, 5.41) is 0. The van der Waals surface area contributed by atoms with Crippen molar-refractivity contribution in [3.05, 3.63) is 28.8 Å². The van der Waals surface area contributed by atoms with Gasteiger partial charge < -0.3 is 10.6 Å². The smallest absolute Gasteiger partial charge is 0.264 e. The lowest BCUT2D eigenvalue weighted by Gasteiger charge is -2.42. The van der Waals surface area contributed by atoms with Gasteiger partial charge in [-0.15, -0.1) is 0 Å². The summed E-state index contributed by atoms with van der Waals surface area (Å²) in [6, 6.07) is 3.14. The number of nitrogen functional groups attached to an aromatic ring is 1. The highest BCUT2D eigenvalue weighted by Gasteiger charge is 2.46. The van der Waals surface area contributed by atoms with Gasteiger partial charge in [-0.1, -0.05) is 6.07 Å². The third kappa shape index (κ3) is 1.54. The number of carbonyl (C=O) groups excluding carboxylic acids is 3. The molecule has 6 heteroatoms. The molecule has 2 aliphatic heterocycles. The Morgan fingerprint density at radius 2 is 1.90 bits per heavy atom. The van der Waals surface area contributed by atoms with Crippen LogP contribution in [0.1, 0.15) is 33.2 Å². The normalized spacial score (nSPS) is 18.3. The molecular weight excluding hydrogens is 258 g/mol. The summed E-state index contributed by atoms with van der Waals surface area (Å²) in [5.41, 5.74) is 7.73. The molecule has 0 radical (unpaired) electrons. The van der Waals surface area contributed by atoms with Crippen molar-refractivity contribution in [1.82, 2.24) is 9.80 Å². The Labute approximate surface area is 116 Å². The van der Waals surface area contributed by atoms with E-state index in [4.69, 9.17) is 5.73 Å². The van der Waals surface area contributed by atoms with Gasteiger partial charge in [-0.3, -0.25) is 19.3 Å². The fourth-order valence-corrected chi connectivity index (χ4v) is 2.68. The lowest BCUT2D eigenvalue weighted by Crippen LogP contribution is -2.61. The van der Waals surface area contributed by atoms with Gasteiger partial charge in [0.15, 0.2) is 0 Å². The first-order valence-electron chi connectivity index (χ1n) is 6.44. The zero-order valence-electron chi connectivity index (χ0n) is 11.3. The second-order valence-electron chi connectivity index (χ2n) is 5.28. The van der Waals surface area contributed by atoms with Crippen molar-refractivity contribution in [2.24, 2.45) is 0 Å². The van der Waals surface area contributed by atoms with Crippen molar-refractivity contribution in [3.8, 4) is 0 Å². The molecule has 2 N–H and O–H groups in total. The van der Waals surface area contributed by atoms with Crippen LogP contribution >= 0.6 is 0 Å². The molecule has 20 heavy (non-hydrogen) atoms. The molecule has 0 unspecified atom stereocenters. The molecule has 0 aliphatic carbocycles. The summed E-state index contributed by atoms with van der Waals surface area (Å²) in [5.74, 6) is -0.711. The van der Waals surface area contributed by atoms with Gasteiger partial charge in [-0.2, -0.15) is 0 Å². The van der Waals surface area contributed by atoms with Crippen molar-refractivity contribution in [2.75, 3.05) is 18.8 Å². The van der Waals surface area contributed by atoms with Crippen molar-refractivity contribution in [3.63, 3.8) is 0 Å². The molecule has 1 aromatic carbocycles. The molecule has 1 fully saturated rings. The maximum atomic E-state index is 12.4. The van der Waals surface area contributed by atoms with Gasteiger partial charge in [-0.25, -0.2) is 0 Å². The van der Waals surface area contributed by atoms with E-state index in [-0.39, 0.29) is 23.8 Å². The fourth-order valence-electron chi connectivity index (χ4n) is 2.68.